The van der Waals surface area contributed by atoms with Gasteiger partial charge in [0.25, 0.3) is 5.56 Å². The average Bonchev–Trinajstić information content (AvgIpc) is 3.51. The SMILES string of the molecule is CCCCCCCCCCCCCCCC(=O)OC[C@H]1O[C@@H](n2cc(I)c(=O)[nH]c2=O)C[C@@H]1OC(=O)CCCCCCCCCCCCCCC. The van der Waals surface area contributed by atoms with Crippen LogP contribution in [-0.2, 0) is 23.8 Å². The van der Waals surface area contributed by atoms with E-state index in [1.54, 1.807) is 0 Å². The maximum absolute atomic E-state index is 12.8. The summed E-state index contributed by atoms with van der Waals surface area (Å²) in [6, 6.07) is 0. The first-order chi connectivity index (χ1) is 24.8. The van der Waals surface area contributed by atoms with Crippen LogP contribution in [0, 0.1) is 3.57 Å². The molecule has 1 fully saturated rings. The molecule has 0 bridgehead atoms. The third kappa shape index (κ3) is 21.6. The molecule has 51 heavy (non-hydrogen) atoms. The molecule has 0 aliphatic carbocycles. The number of hydrogen-bond acceptors (Lipinski definition) is 7. The number of ether oxygens (including phenoxy) is 3. The van der Waals surface area contributed by atoms with Gasteiger partial charge < -0.3 is 14.2 Å². The largest absolute Gasteiger partial charge is 0.463 e. The third-order valence-electron chi connectivity index (χ3n) is 10.1. The summed E-state index contributed by atoms with van der Waals surface area (Å²) in [5, 5.41) is 0. The Bertz CT molecular complexity index is 1170. The number of halogens is 1. The molecule has 0 aromatic carbocycles. The fourth-order valence-corrected chi connectivity index (χ4v) is 7.30. The van der Waals surface area contributed by atoms with Gasteiger partial charge in [-0.2, -0.15) is 0 Å². The smallest absolute Gasteiger partial charge is 0.330 e. The molecule has 294 valence electrons. The predicted molar refractivity (Wildman–Crippen MR) is 214 cm³/mol. The Hall–Kier alpha value is -1.69. The Balaban J connectivity index is 1.68. The van der Waals surface area contributed by atoms with Gasteiger partial charge in [0, 0.05) is 25.5 Å². The molecular formula is C41H71IN2O7. The van der Waals surface area contributed by atoms with E-state index in [1.807, 2.05) is 22.6 Å². The van der Waals surface area contributed by atoms with Crippen LogP contribution in [0.1, 0.15) is 206 Å². The maximum Gasteiger partial charge on any atom is 0.330 e. The lowest BCUT2D eigenvalue weighted by atomic mass is 10.0. The number of aromatic nitrogens is 2. The number of carbonyl (C=O) groups excluding carboxylic acids is 2. The number of nitrogens with one attached hydrogen (secondary N) is 1. The Morgan fingerprint density at radius 3 is 1.55 bits per heavy atom. The van der Waals surface area contributed by atoms with Gasteiger partial charge in [0.2, 0.25) is 0 Å². The van der Waals surface area contributed by atoms with E-state index in [4.69, 9.17) is 14.2 Å². The molecule has 1 aromatic rings. The second-order valence-electron chi connectivity index (χ2n) is 14.7. The zero-order valence-electron chi connectivity index (χ0n) is 32.2. The second kappa shape index (κ2) is 29.7. The van der Waals surface area contributed by atoms with Gasteiger partial charge in [0.15, 0.2) is 0 Å². The van der Waals surface area contributed by atoms with Crippen LogP contribution in [0.25, 0.3) is 0 Å². The van der Waals surface area contributed by atoms with E-state index in [2.05, 4.69) is 18.8 Å². The Morgan fingerprint density at radius 2 is 1.10 bits per heavy atom. The second-order valence-corrected chi connectivity index (χ2v) is 15.9. The lowest BCUT2D eigenvalue weighted by Crippen LogP contribution is -2.34. The predicted octanol–water partition coefficient (Wildman–Crippen LogP) is 10.8. The fraction of sp³-hybridized carbons (Fsp3) is 0.854. The molecule has 1 aliphatic rings. The molecular weight excluding hydrogens is 759 g/mol. The number of H-pyrrole nitrogens is 1. The monoisotopic (exact) mass is 830 g/mol. The molecule has 0 spiro atoms. The van der Waals surface area contributed by atoms with Gasteiger partial charge in [-0.1, -0.05) is 168 Å². The minimum absolute atomic E-state index is 0.0559. The molecule has 0 saturated carbocycles. The highest BCUT2D eigenvalue weighted by molar-refractivity contribution is 14.1. The Morgan fingerprint density at radius 1 is 0.686 bits per heavy atom. The highest BCUT2D eigenvalue weighted by Gasteiger charge is 2.40. The van der Waals surface area contributed by atoms with Crippen LogP contribution in [-0.4, -0.2) is 40.3 Å². The van der Waals surface area contributed by atoms with E-state index in [0.29, 0.717) is 16.4 Å². The van der Waals surface area contributed by atoms with Crippen molar-refractivity contribution in [2.24, 2.45) is 0 Å². The van der Waals surface area contributed by atoms with E-state index in [1.165, 1.54) is 139 Å². The summed E-state index contributed by atoms with van der Waals surface area (Å²) in [6.07, 6.45) is 32.4. The number of rotatable bonds is 32. The van der Waals surface area contributed by atoms with Gasteiger partial charge in [-0.15, -0.1) is 0 Å². The van der Waals surface area contributed by atoms with Crippen LogP contribution in [0.4, 0.5) is 0 Å². The first-order valence-electron chi connectivity index (χ1n) is 20.9. The Kier molecular flexibility index (Phi) is 26.5. The number of esters is 2. The Labute approximate surface area is 322 Å². The van der Waals surface area contributed by atoms with Crippen LogP contribution >= 0.6 is 22.6 Å². The maximum atomic E-state index is 12.8. The topological polar surface area (TPSA) is 117 Å². The molecule has 1 aliphatic heterocycles. The molecule has 10 heteroatoms. The van der Waals surface area contributed by atoms with Crippen molar-refractivity contribution >= 4 is 34.5 Å². The van der Waals surface area contributed by atoms with Crippen LogP contribution in [0.3, 0.4) is 0 Å². The summed E-state index contributed by atoms with van der Waals surface area (Å²) >= 11 is 1.87. The summed E-state index contributed by atoms with van der Waals surface area (Å²) in [5.74, 6) is -0.600. The average molecular weight is 831 g/mol. The highest BCUT2D eigenvalue weighted by atomic mass is 127. The minimum Gasteiger partial charge on any atom is -0.463 e. The molecule has 0 amide bonds. The summed E-state index contributed by atoms with van der Waals surface area (Å²) in [6.45, 7) is 4.45. The van der Waals surface area contributed by atoms with Crippen LogP contribution in [0.5, 0.6) is 0 Å². The summed E-state index contributed by atoms with van der Waals surface area (Å²) in [7, 11) is 0. The number of hydrogen-bond donors (Lipinski definition) is 1. The van der Waals surface area contributed by atoms with Gasteiger partial charge in [-0.05, 0) is 35.4 Å². The standard InChI is InChI=1S/C41H71IN2O7/c1-3-5-7-9-11-13-15-17-19-21-23-25-27-29-38(45)49-33-36-35(31-37(50-36)44-32-34(42)40(47)43-41(44)48)51-39(46)30-28-26-24-22-20-18-16-14-12-10-8-6-4-2/h32,35-37H,3-31,33H2,1-2H3,(H,43,47,48)/t35-,36+,37+/m0/s1. The van der Waals surface area contributed by atoms with Crippen molar-refractivity contribution < 1.29 is 23.8 Å². The van der Waals surface area contributed by atoms with E-state index >= 15 is 0 Å². The summed E-state index contributed by atoms with van der Waals surface area (Å²) < 4.78 is 19.2. The van der Waals surface area contributed by atoms with Crippen molar-refractivity contribution in [3.63, 3.8) is 0 Å². The van der Waals surface area contributed by atoms with Gasteiger partial charge in [0.05, 0.1) is 3.57 Å². The lowest BCUT2D eigenvalue weighted by molar-refractivity contribution is -0.158. The molecule has 2 heterocycles. The zero-order chi connectivity index (χ0) is 36.9. The third-order valence-corrected chi connectivity index (χ3v) is 10.8. The highest BCUT2D eigenvalue weighted by Crippen LogP contribution is 2.31. The summed E-state index contributed by atoms with van der Waals surface area (Å²) in [4.78, 5) is 52.2. The number of carbonyl (C=O) groups is 2. The van der Waals surface area contributed by atoms with Crippen LogP contribution in [0.15, 0.2) is 15.8 Å². The number of unbranched alkanes of at least 4 members (excludes halogenated alkanes) is 24. The number of nitrogens with zero attached hydrogens (tertiary/aromatic N) is 1. The zero-order valence-corrected chi connectivity index (χ0v) is 34.4. The van der Waals surface area contributed by atoms with Crippen LogP contribution in [0.2, 0.25) is 0 Å². The van der Waals surface area contributed by atoms with Gasteiger partial charge >= 0.3 is 17.6 Å². The molecule has 1 aromatic heterocycles. The summed E-state index contributed by atoms with van der Waals surface area (Å²) in [5.41, 5.74) is -1.06. The minimum atomic E-state index is -0.748. The first kappa shape index (κ1) is 45.5. The van der Waals surface area contributed by atoms with E-state index in [9.17, 15) is 19.2 Å². The quantitative estimate of drug-likeness (QED) is 0.0436. The molecule has 1 N–H and O–H groups in total. The lowest BCUT2D eigenvalue weighted by Gasteiger charge is -2.19. The van der Waals surface area contributed by atoms with Crippen LogP contribution < -0.4 is 11.2 Å². The molecule has 0 unspecified atom stereocenters. The molecule has 9 nitrogen and oxygen atoms in total. The molecule has 1 saturated heterocycles. The number of aromatic amines is 1. The first-order valence-corrected chi connectivity index (χ1v) is 21.9. The van der Waals surface area contributed by atoms with E-state index in [0.717, 1.165) is 38.5 Å². The van der Waals surface area contributed by atoms with Crippen molar-refractivity contribution in [2.75, 3.05) is 6.61 Å². The van der Waals surface area contributed by atoms with Crippen molar-refractivity contribution in [1.29, 1.82) is 0 Å². The van der Waals surface area contributed by atoms with Crippen molar-refractivity contribution in [2.45, 2.75) is 218 Å². The van der Waals surface area contributed by atoms with Crippen molar-refractivity contribution in [1.82, 2.24) is 9.55 Å². The van der Waals surface area contributed by atoms with E-state index in [-0.39, 0.29) is 25.0 Å². The van der Waals surface area contributed by atoms with Gasteiger partial charge in [-0.25, -0.2) is 4.79 Å². The molecule has 0 radical (unpaired) electrons. The van der Waals surface area contributed by atoms with Gasteiger partial charge in [-0.3, -0.25) is 23.9 Å². The van der Waals surface area contributed by atoms with Crippen molar-refractivity contribution in [3.05, 3.63) is 30.6 Å². The van der Waals surface area contributed by atoms with E-state index < -0.39 is 29.7 Å². The fourth-order valence-electron chi connectivity index (χ4n) is 6.87. The molecule has 3 atom stereocenters. The molecule has 2 rings (SSSR count). The van der Waals surface area contributed by atoms with Gasteiger partial charge in [0.1, 0.15) is 25.0 Å². The normalized spacial score (nSPS) is 17.2. The van der Waals surface area contributed by atoms with Crippen molar-refractivity contribution in [3.8, 4) is 0 Å².